The normalized spacial score (nSPS) is 25.7. The van der Waals surface area contributed by atoms with Crippen LogP contribution in [0.25, 0.3) is 0 Å². The number of alkyl carbamates (subject to hydrolysis) is 1. The number of nitrogens with zero attached hydrogens (tertiary/aromatic N) is 1. The first-order valence-electron chi connectivity index (χ1n) is 10.5. The summed E-state index contributed by atoms with van der Waals surface area (Å²) in [5.41, 5.74) is -0.670. The van der Waals surface area contributed by atoms with E-state index in [1.54, 1.807) is 27.7 Å². The van der Waals surface area contributed by atoms with Gasteiger partial charge in [-0.15, -0.1) is 0 Å². The van der Waals surface area contributed by atoms with Gasteiger partial charge in [0.05, 0.1) is 18.1 Å². The maximum atomic E-state index is 12.0. The Kier molecular flexibility index (Phi) is 9.27. The van der Waals surface area contributed by atoms with Crippen molar-refractivity contribution in [1.29, 1.82) is 0 Å². The van der Waals surface area contributed by atoms with Crippen LogP contribution in [0.15, 0.2) is 4.99 Å². The number of aliphatic carboxylic acids is 1. The van der Waals surface area contributed by atoms with Crippen LogP contribution in [0.4, 0.5) is 4.79 Å². The number of ether oxygens (including phenoxy) is 1. The molecule has 0 aromatic rings. The molecule has 172 valence electrons. The summed E-state index contributed by atoms with van der Waals surface area (Å²) >= 11 is 0. The largest absolute Gasteiger partial charge is 0.481 e. The monoisotopic (exact) mass is 427 g/mol. The number of hydrogen-bond acceptors (Lipinski definition) is 6. The van der Waals surface area contributed by atoms with Crippen molar-refractivity contribution in [3.8, 4) is 0 Å². The number of carboxylic acid groups (broad SMARTS) is 1. The number of amides is 2. The van der Waals surface area contributed by atoms with Crippen molar-refractivity contribution in [2.45, 2.75) is 91.5 Å². The number of nitrogens with one attached hydrogen (secondary N) is 2. The minimum absolute atomic E-state index is 0.0536. The number of aliphatic hydroxyl groups excluding tert-OH is 1. The number of rotatable bonds is 7. The van der Waals surface area contributed by atoms with E-state index in [1.807, 2.05) is 13.8 Å². The van der Waals surface area contributed by atoms with Crippen LogP contribution < -0.4 is 10.6 Å². The van der Waals surface area contributed by atoms with Crippen molar-refractivity contribution in [3.05, 3.63) is 0 Å². The summed E-state index contributed by atoms with van der Waals surface area (Å²) in [5, 5.41) is 25.9. The first-order valence-corrected chi connectivity index (χ1v) is 10.5. The Morgan fingerprint density at radius 3 is 2.17 bits per heavy atom. The van der Waals surface area contributed by atoms with Gasteiger partial charge in [0.2, 0.25) is 5.91 Å². The molecule has 0 unspecified atom stereocenters. The Balaban J connectivity index is 3.21. The van der Waals surface area contributed by atoms with E-state index in [-0.39, 0.29) is 24.1 Å². The van der Waals surface area contributed by atoms with Gasteiger partial charge in [-0.1, -0.05) is 26.7 Å². The Hall–Kier alpha value is -2.16. The fourth-order valence-electron chi connectivity index (χ4n) is 4.18. The van der Waals surface area contributed by atoms with Crippen molar-refractivity contribution in [2.24, 2.45) is 22.7 Å². The maximum absolute atomic E-state index is 12.0. The van der Waals surface area contributed by atoms with E-state index >= 15 is 0 Å². The van der Waals surface area contributed by atoms with E-state index in [0.29, 0.717) is 0 Å². The molecule has 30 heavy (non-hydrogen) atoms. The smallest absolute Gasteiger partial charge is 0.413 e. The third kappa shape index (κ3) is 7.27. The lowest BCUT2D eigenvalue weighted by atomic mass is 9.80. The summed E-state index contributed by atoms with van der Waals surface area (Å²) in [6.07, 6.45) is -0.192. The van der Waals surface area contributed by atoms with Crippen molar-refractivity contribution < 1.29 is 29.3 Å². The number of carboxylic acids is 1. The van der Waals surface area contributed by atoms with Gasteiger partial charge in [-0.05, 0) is 40.0 Å². The van der Waals surface area contributed by atoms with Gasteiger partial charge in [0.25, 0.3) is 0 Å². The van der Waals surface area contributed by atoms with Gasteiger partial charge in [0, 0.05) is 18.9 Å². The molecule has 5 atom stereocenters. The van der Waals surface area contributed by atoms with Crippen molar-refractivity contribution in [3.63, 3.8) is 0 Å². The standard InChI is InChI=1S/C21H37N3O6/c1-8-13(9-2)17(24-12(4)25)16-15(10-14(18(16)26)19(27)28)22-11(3)23-20(29)30-21(5,6)7/h13-18,26H,8-10H2,1-7H3,(H,24,25)(H,27,28)(H,22,23,29)/t14-,15+,16+,17-,18+/m0/s1. The highest BCUT2D eigenvalue weighted by Gasteiger charge is 2.50. The van der Waals surface area contributed by atoms with Crippen LogP contribution in [-0.2, 0) is 14.3 Å². The summed E-state index contributed by atoms with van der Waals surface area (Å²) in [4.78, 5) is 40.1. The van der Waals surface area contributed by atoms with Gasteiger partial charge in [0.15, 0.2) is 0 Å². The fraction of sp³-hybridized carbons (Fsp3) is 0.810. The molecule has 0 aliphatic heterocycles. The second-order valence-corrected chi connectivity index (χ2v) is 8.96. The van der Waals surface area contributed by atoms with Gasteiger partial charge in [-0.3, -0.25) is 19.9 Å². The van der Waals surface area contributed by atoms with E-state index in [2.05, 4.69) is 15.6 Å². The fourth-order valence-corrected chi connectivity index (χ4v) is 4.18. The van der Waals surface area contributed by atoms with Crippen LogP contribution >= 0.6 is 0 Å². The lowest BCUT2D eigenvalue weighted by Crippen LogP contribution is -2.50. The molecule has 4 N–H and O–H groups in total. The van der Waals surface area contributed by atoms with Gasteiger partial charge in [-0.2, -0.15) is 0 Å². The lowest BCUT2D eigenvalue weighted by Gasteiger charge is -2.35. The van der Waals surface area contributed by atoms with Crippen LogP contribution in [-0.4, -0.2) is 57.8 Å². The predicted molar refractivity (Wildman–Crippen MR) is 113 cm³/mol. The Morgan fingerprint density at radius 2 is 1.73 bits per heavy atom. The Morgan fingerprint density at radius 1 is 1.17 bits per heavy atom. The van der Waals surface area contributed by atoms with E-state index < -0.39 is 47.7 Å². The van der Waals surface area contributed by atoms with Crippen molar-refractivity contribution in [2.75, 3.05) is 0 Å². The molecule has 0 heterocycles. The number of hydrogen-bond donors (Lipinski definition) is 4. The molecule has 0 radical (unpaired) electrons. The number of aliphatic imine (C=N–C) groups is 1. The molecule has 1 saturated carbocycles. The van der Waals surface area contributed by atoms with E-state index in [9.17, 15) is 24.6 Å². The molecule has 9 heteroatoms. The van der Waals surface area contributed by atoms with Crippen LogP contribution in [0.1, 0.15) is 67.7 Å². The van der Waals surface area contributed by atoms with Crippen LogP contribution in [0.5, 0.6) is 0 Å². The predicted octanol–water partition coefficient (Wildman–Crippen LogP) is 2.32. The summed E-state index contributed by atoms with van der Waals surface area (Å²) in [5.74, 6) is -2.61. The zero-order valence-electron chi connectivity index (χ0n) is 19.1. The zero-order chi connectivity index (χ0) is 23.2. The molecule has 2 amide bonds. The summed E-state index contributed by atoms with van der Waals surface area (Å²) in [6, 6.07) is -1.01. The summed E-state index contributed by atoms with van der Waals surface area (Å²) in [7, 11) is 0. The van der Waals surface area contributed by atoms with Crippen LogP contribution in [0, 0.1) is 17.8 Å². The molecule has 0 saturated heterocycles. The molecule has 0 spiro atoms. The maximum Gasteiger partial charge on any atom is 0.413 e. The molecule has 9 nitrogen and oxygen atoms in total. The SMILES string of the molecule is CCC(CC)[C@H](NC(C)=O)[C@@H]1[C@H](O)[C@@H](C(=O)O)C[C@H]1N=C(C)NC(=O)OC(C)(C)C. The number of aliphatic hydroxyl groups is 1. The van der Waals surface area contributed by atoms with Gasteiger partial charge in [-0.25, -0.2) is 4.79 Å². The molecular formula is C21H37N3O6. The molecule has 1 aliphatic rings. The van der Waals surface area contributed by atoms with Crippen molar-refractivity contribution >= 4 is 23.8 Å². The van der Waals surface area contributed by atoms with E-state index in [4.69, 9.17) is 4.74 Å². The van der Waals surface area contributed by atoms with Crippen molar-refractivity contribution in [1.82, 2.24) is 10.6 Å². The minimum atomic E-state index is -1.16. The third-order valence-electron chi connectivity index (χ3n) is 5.45. The van der Waals surface area contributed by atoms with Gasteiger partial charge in [0.1, 0.15) is 11.4 Å². The van der Waals surface area contributed by atoms with Gasteiger partial charge < -0.3 is 20.3 Å². The zero-order valence-corrected chi connectivity index (χ0v) is 19.1. The molecule has 1 aliphatic carbocycles. The highest BCUT2D eigenvalue weighted by atomic mass is 16.6. The highest BCUT2D eigenvalue weighted by Crippen LogP contribution is 2.39. The first kappa shape index (κ1) is 25.9. The highest BCUT2D eigenvalue weighted by molar-refractivity contribution is 5.94. The molecule has 0 aromatic heterocycles. The van der Waals surface area contributed by atoms with Gasteiger partial charge >= 0.3 is 12.1 Å². The third-order valence-corrected chi connectivity index (χ3v) is 5.45. The quantitative estimate of drug-likeness (QED) is 0.363. The van der Waals surface area contributed by atoms with Crippen LogP contribution in [0.3, 0.4) is 0 Å². The Labute approximate surface area is 178 Å². The second kappa shape index (κ2) is 10.7. The Bertz CT molecular complexity index is 654. The van der Waals surface area contributed by atoms with E-state index in [0.717, 1.165) is 12.8 Å². The average molecular weight is 428 g/mol. The lowest BCUT2D eigenvalue weighted by molar-refractivity contribution is -0.145. The summed E-state index contributed by atoms with van der Waals surface area (Å²) < 4.78 is 5.22. The minimum Gasteiger partial charge on any atom is -0.481 e. The molecule has 0 bridgehead atoms. The molecule has 1 rings (SSSR count). The molecule has 0 aromatic carbocycles. The molecular weight excluding hydrogens is 390 g/mol. The number of carbonyl (C=O) groups is 3. The number of carbonyl (C=O) groups excluding carboxylic acids is 2. The molecule has 1 fully saturated rings. The van der Waals surface area contributed by atoms with Crippen LogP contribution in [0.2, 0.25) is 0 Å². The first-order chi connectivity index (χ1) is 13.8. The number of amidine groups is 1. The average Bonchev–Trinajstić information content (AvgIpc) is 2.88. The second-order valence-electron chi connectivity index (χ2n) is 8.96. The van der Waals surface area contributed by atoms with E-state index in [1.165, 1.54) is 6.92 Å². The summed E-state index contributed by atoms with van der Waals surface area (Å²) in [6.45, 7) is 12.2. The topological polar surface area (TPSA) is 137 Å².